The lowest BCUT2D eigenvalue weighted by atomic mass is 9.71. The zero-order valence-electron chi connectivity index (χ0n) is 33.7. The van der Waals surface area contributed by atoms with Crippen molar-refractivity contribution in [3.05, 3.63) is 68.0 Å². The number of rotatable bonds is 3. The van der Waals surface area contributed by atoms with Crippen molar-refractivity contribution in [2.45, 2.75) is 99.3 Å². The normalized spacial score (nSPS) is 19.1. The highest BCUT2D eigenvalue weighted by Crippen LogP contribution is 2.48. The van der Waals surface area contributed by atoms with E-state index in [4.69, 9.17) is 10.6 Å². The van der Waals surface area contributed by atoms with E-state index in [2.05, 4.69) is 108 Å². The molecule has 0 amide bonds. The third-order valence-corrected chi connectivity index (χ3v) is 12.3. The molecule has 2 aromatic carbocycles. The van der Waals surface area contributed by atoms with Crippen LogP contribution >= 0.6 is 0 Å². The standard InChI is InChI=1S/C17H26N2.C10H16N2.C8H15NO.C7H13NO/c1-11-12(2)14(4)16-15(13(11)3)17(10-18-16)6-8-19(5)9-7-17;1-6-5-10(12-11)9(4)8(3)7(6)2;1-9-5-3-8(4-6-9)7-10-2;1-8-4-2-7(6-9)3-5-8/h18H,6-10H2,1-5H3;5,12H,11H2,1-4H3;7H,3-6H2,1-2H3;6-7H,2-5H2,1H3. The van der Waals surface area contributed by atoms with E-state index in [-0.39, 0.29) is 0 Å². The molecule has 0 radical (unpaired) electrons. The molecule has 3 fully saturated rings. The second-order valence-corrected chi connectivity index (χ2v) is 15.5. The Labute approximate surface area is 305 Å². The molecule has 280 valence electrons. The Hall–Kier alpha value is -2.91. The molecule has 8 nitrogen and oxygen atoms in total. The van der Waals surface area contributed by atoms with Crippen molar-refractivity contribution in [1.82, 2.24) is 14.7 Å². The Morgan fingerprint density at radius 1 is 0.760 bits per heavy atom. The lowest BCUT2D eigenvalue weighted by Gasteiger charge is -2.39. The van der Waals surface area contributed by atoms with Gasteiger partial charge in [0.2, 0.25) is 0 Å². The van der Waals surface area contributed by atoms with Gasteiger partial charge in [0.25, 0.3) is 0 Å². The van der Waals surface area contributed by atoms with Gasteiger partial charge in [0, 0.05) is 36.7 Å². The average molecular weight is 691 g/mol. The fraction of sp³-hybridized carbons (Fsp3) is 0.643. The Bertz CT molecular complexity index is 1440. The second kappa shape index (κ2) is 19.1. The highest BCUT2D eigenvalue weighted by molar-refractivity contribution is 5.71. The van der Waals surface area contributed by atoms with Crippen molar-refractivity contribution in [3.63, 3.8) is 0 Å². The monoisotopic (exact) mass is 691 g/mol. The van der Waals surface area contributed by atoms with Crippen molar-refractivity contribution in [2.75, 3.05) is 84.8 Å². The number of aldehydes is 1. The number of methoxy groups -OCH3 is 1. The van der Waals surface area contributed by atoms with Crippen molar-refractivity contribution in [2.24, 2.45) is 11.8 Å². The molecule has 6 rings (SSSR count). The minimum Gasteiger partial charge on any atom is -0.504 e. The first-order valence-corrected chi connectivity index (χ1v) is 18.8. The highest BCUT2D eigenvalue weighted by Gasteiger charge is 2.43. The van der Waals surface area contributed by atoms with Gasteiger partial charge in [-0.25, -0.2) is 0 Å². The Morgan fingerprint density at radius 3 is 1.82 bits per heavy atom. The predicted octanol–water partition coefficient (Wildman–Crippen LogP) is 7.28. The summed E-state index contributed by atoms with van der Waals surface area (Å²) in [6.07, 6.45) is 10.0. The van der Waals surface area contributed by atoms with Crippen LogP contribution in [0.15, 0.2) is 17.9 Å². The average Bonchev–Trinajstić information content (AvgIpc) is 3.49. The first-order valence-electron chi connectivity index (χ1n) is 18.8. The van der Waals surface area contributed by atoms with Crippen molar-refractivity contribution >= 4 is 17.7 Å². The number of nitrogens with zero attached hydrogens (tertiary/aromatic N) is 3. The van der Waals surface area contributed by atoms with Gasteiger partial charge in [-0.2, -0.15) is 0 Å². The molecular weight excluding hydrogens is 621 g/mol. The van der Waals surface area contributed by atoms with E-state index in [0.717, 1.165) is 44.4 Å². The second-order valence-electron chi connectivity index (χ2n) is 15.5. The minimum atomic E-state index is 0.348. The number of nitrogen functional groups attached to an aromatic ring is 1. The van der Waals surface area contributed by atoms with Crippen LogP contribution in [0.25, 0.3) is 0 Å². The Balaban J connectivity index is 0.000000190. The summed E-state index contributed by atoms with van der Waals surface area (Å²) in [5, 5.41) is 3.73. The number of hydrazine groups is 1. The number of ether oxygens (including phenoxy) is 1. The van der Waals surface area contributed by atoms with Crippen LogP contribution in [0.5, 0.6) is 0 Å². The molecule has 8 heteroatoms. The molecule has 4 N–H and O–H groups in total. The Kier molecular flexibility index (Phi) is 15.8. The number of carbonyl (C=O) groups is 1. The number of hydrogen-bond donors (Lipinski definition) is 3. The van der Waals surface area contributed by atoms with Gasteiger partial charge in [-0.15, -0.1) is 0 Å². The summed E-state index contributed by atoms with van der Waals surface area (Å²) >= 11 is 0. The van der Waals surface area contributed by atoms with Gasteiger partial charge in [-0.1, -0.05) is 0 Å². The molecule has 2 aromatic rings. The van der Waals surface area contributed by atoms with Crippen molar-refractivity contribution in [3.8, 4) is 0 Å². The molecule has 0 atom stereocenters. The zero-order valence-corrected chi connectivity index (χ0v) is 33.7. The minimum absolute atomic E-state index is 0.348. The van der Waals surface area contributed by atoms with Crippen LogP contribution in [0.1, 0.15) is 88.6 Å². The van der Waals surface area contributed by atoms with Crippen LogP contribution in [-0.2, 0) is 14.9 Å². The summed E-state index contributed by atoms with van der Waals surface area (Å²) in [6, 6.07) is 2.08. The number of benzene rings is 2. The van der Waals surface area contributed by atoms with Crippen LogP contribution in [0, 0.1) is 61.3 Å². The maximum Gasteiger partial charge on any atom is 0.123 e. The third-order valence-electron chi connectivity index (χ3n) is 12.3. The van der Waals surface area contributed by atoms with E-state index in [0.29, 0.717) is 11.3 Å². The number of hydrogen-bond acceptors (Lipinski definition) is 8. The number of likely N-dealkylation sites (tertiary alicyclic amines) is 3. The summed E-state index contributed by atoms with van der Waals surface area (Å²) < 4.78 is 4.94. The number of aryl methyl sites for hydroxylation is 1. The van der Waals surface area contributed by atoms with Crippen LogP contribution in [0.3, 0.4) is 0 Å². The molecule has 0 aliphatic carbocycles. The molecule has 4 heterocycles. The molecule has 0 unspecified atom stereocenters. The van der Waals surface area contributed by atoms with Gasteiger partial charge >= 0.3 is 0 Å². The Morgan fingerprint density at radius 2 is 1.28 bits per heavy atom. The molecule has 0 aromatic heterocycles. The summed E-state index contributed by atoms with van der Waals surface area (Å²) in [5.74, 6) is 5.74. The van der Waals surface area contributed by atoms with Crippen LogP contribution in [-0.4, -0.2) is 95.1 Å². The first-order chi connectivity index (χ1) is 23.7. The van der Waals surface area contributed by atoms with Crippen molar-refractivity contribution < 1.29 is 9.53 Å². The van der Waals surface area contributed by atoms with Crippen LogP contribution in [0.4, 0.5) is 11.4 Å². The number of anilines is 2. The lowest BCUT2D eigenvalue weighted by Crippen LogP contribution is -2.42. The van der Waals surface area contributed by atoms with E-state index >= 15 is 0 Å². The molecule has 4 aliphatic rings. The lowest BCUT2D eigenvalue weighted by molar-refractivity contribution is -0.112. The van der Waals surface area contributed by atoms with E-state index in [1.165, 1.54) is 108 Å². The topological polar surface area (TPSA) is 86.1 Å². The molecule has 50 heavy (non-hydrogen) atoms. The van der Waals surface area contributed by atoms with E-state index in [9.17, 15) is 4.79 Å². The van der Waals surface area contributed by atoms with Crippen molar-refractivity contribution in [1.29, 1.82) is 0 Å². The smallest absolute Gasteiger partial charge is 0.123 e. The van der Waals surface area contributed by atoms with Crippen LogP contribution < -0.4 is 16.6 Å². The molecule has 4 aliphatic heterocycles. The maximum atomic E-state index is 10.2. The third kappa shape index (κ3) is 10.3. The molecule has 0 bridgehead atoms. The van der Waals surface area contributed by atoms with Gasteiger partial charge in [0.1, 0.15) is 6.29 Å². The number of nitrogens with one attached hydrogen (secondary N) is 2. The fourth-order valence-corrected chi connectivity index (χ4v) is 7.73. The van der Waals surface area contributed by atoms with Crippen LogP contribution in [0.2, 0.25) is 0 Å². The molecule has 1 spiro atoms. The summed E-state index contributed by atoms with van der Waals surface area (Å²) in [6.45, 7) is 25.7. The van der Waals surface area contributed by atoms with Gasteiger partial charge in [-0.3, -0.25) is 5.84 Å². The number of nitrogens with two attached hydrogens (primary N) is 1. The SMILES string of the molecule is CN1CCC(C=O)CC1.COC=C1CCN(C)CC1.Cc1c(C)c(C)c2c(c1C)NCC21CCN(C)CC1.Cc1cc(NN)c(C)c(C)c1C. The van der Waals surface area contributed by atoms with Gasteiger partial charge in [0.15, 0.2) is 0 Å². The van der Waals surface area contributed by atoms with E-state index < -0.39 is 0 Å². The number of carbonyl (C=O) groups excluding carboxylic acids is 1. The van der Waals surface area contributed by atoms with E-state index in [1.807, 2.05) is 6.26 Å². The molecule has 3 saturated heterocycles. The van der Waals surface area contributed by atoms with Gasteiger partial charge < -0.3 is 35.0 Å². The van der Waals surface area contributed by atoms with E-state index in [1.54, 1.807) is 12.7 Å². The first kappa shape index (κ1) is 41.5. The quantitative estimate of drug-likeness (QED) is 0.134. The highest BCUT2D eigenvalue weighted by atomic mass is 16.5. The number of fused-ring (bicyclic) bond motifs is 2. The molecule has 0 saturated carbocycles. The predicted molar refractivity (Wildman–Crippen MR) is 214 cm³/mol. The molecular formula is C42H70N6O2. The maximum absolute atomic E-state index is 10.2. The zero-order chi connectivity index (χ0) is 37.2. The summed E-state index contributed by atoms with van der Waals surface area (Å²) in [7, 11) is 8.21. The number of piperidine rings is 3. The largest absolute Gasteiger partial charge is 0.504 e. The van der Waals surface area contributed by atoms with Gasteiger partial charge in [0.05, 0.1) is 19.1 Å². The summed E-state index contributed by atoms with van der Waals surface area (Å²) in [5.41, 5.74) is 19.8. The summed E-state index contributed by atoms with van der Waals surface area (Å²) in [4.78, 5) is 17.3. The van der Waals surface area contributed by atoms with Gasteiger partial charge in [-0.05, 0) is 203 Å². The fourth-order valence-electron chi connectivity index (χ4n) is 7.73.